The summed E-state index contributed by atoms with van der Waals surface area (Å²) in [6.45, 7) is 9.72. The molecule has 1 saturated heterocycles. The molecule has 3 atom stereocenters. The summed E-state index contributed by atoms with van der Waals surface area (Å²) in [5.41, 5.74) is 5.67. The van der Waals surface area contributed by atoms with Gasteiger partial charge >= 0.3 is 6.09 Å². The van der Waals surface area contributed by atoms with Crippen molar-refractivity contribution in [1.82, 2.24) is 4.90 Å². The Hall–Kier alpha value is -0.810. The van der Waals surface area contributed by atoms with Crippen LogP contribution in [0.4, 0.5) is 4.79 Å². The summed E-state index contributed by atoms with van der Waals surface area (Å²) in [6, 6.07) is 0.136. The largest absolute Gasteiger partial charge is 0.444 e. The molecule has 5 heteroatoms. The third-order valence-corrected chi connectivity index (χ3v) is 4.20. The van der Waals surface area contributed by atoms with Gasteiger partial charge in [-0.3, -0.25) is 0 Å². The van der Waals surface area contributed by atoms with Gasteiger partial charge in [-0.15, -0.1) is 0 Å². The van der Waals surface area contributed by atoms with Gasteiger partial charge in [-0.05, 0) is 40.5 Å². The van der Waals surface area contributed by atoms with E-state index in [4.69, 9.17) is 15.2 Å². The van der Waals surface area contributed by atoms with E-state index < -0.39 is 5.60 Å². The first-order chi connectivity index (χ1) is 8.78. The maximum absolute atomic E-state index is 12.1. The average molecular weight is 270 g/mol. The smallest absolute Gasteiger partial charge is 0.410 e. The molecular formula is C14H26N2O3. The third kappa shape index (κ3) is 2.72. The van der Waals surface area contributed by atoms with Gasteiger partial charge in [-0.25, -0.2) is 4.79 Å². The molecule has 0 unspecified atom stereocenters. The zero-order valence-corrected chi connectivity index (χ0v) is 12.4. The minimum absolute atomic E-state index is 0.0487. The monoisotopic (exact) mass is 270 g/mol. The van der Waals surface area contributed by atoms with Crippen LogP contribution in [-0.4, -0.2) is 48.4 Å². The van der Waals surface area contributed by atoms with Crippen LogP contribution in [0.5, 0.6) is 0 Å². The van der Waals surface area contributed by atoms with Gasteiger partial charge in [0.15, 0.2) is 0 Å². The molecule has 1 spiro atoms. The second-order valence-corrected chi connectivity index (χ2v) is 6.67. The van der Waals surface area contributed by atoms with Crippen molar-refractivity contribution in [2.75, 3.05) is 19.7 Å². The highest BCUT2D eigenvalue weighted by Gasteiger charge is 2.58. The normalized spacial score (nSPS) is 34.5. The molecule has 0 bridgehead atoms. The van der Waals surface area contributed by atoms with Crippen molar-refractivity contribution in [2.24, 2.45) is 11.1 Å². The summed E-state index contributed by atoms with van der Waals surface area (Å²) in [7, 11) is 0. The van der Waals surface area contributed by atoms with E-state index in [-0.39, 0.29) is 23.7 Å². The van der Waals surface area contributed by atoms with E-state index in [1.165, 1.54) is 0 Å². The van der Waals surface area contributed by atoms with Crippen molar-refractivity contribution in [2.45, 2.75) is 58.3 Å². The lowest BCUT2D eigenvalue weighted by Gasteiger charge is -2.51. The molecule has 1 heterocycles. The molecule has 2 aliphatic rings. The van der Waals surface area contributed by atoms with E-state index in [0.29, 0.717) is 19.7 Å². The molecule has 2 rings (SSSR count). The highest BCUT2D eigenvalue weighted by Crippen LogP contribution is 2.49. The number of hydrogen-bond donors (Lipinski definition) is 1. The Morgan fingerprint density at radius 2 is 2.16 bits per heavy atom. The average Bonchev–Trinajstić information content (AvgIpc) is 2.74. The standard InChI is InChI=1S/C14H26N2O3/c1-5-18-11-8-10(15)14(11)6-7-16(9-14)12(17)19-13(2,3)4/h10-11H,5-9,15H2,1-4H3/t10-,11-,14-/m1/s1. The van der Waals surface area contributed by atoms with Crippen molar-refractivity contribution >= 4 is 6.09 Å². The molecule has 110 valence electrons. The molecule has 0 radical (unpaired) electrons. The summed E-state index contributed by atoms with van der Waals surface area (Å²) in [5.74, 6) is 0. The fraction of sp³-hybridized carbons (Fsp3) is 0.929. The maximum atomic E-state index is 12.1. The van der Waals surface area contributed by atoms with E-state index in [0.717, 1.165) is 12.8 Å². The first kappa shape index (κ1) is 14.6. The highest BCUT2D eigenvalue weighted by atomic mass is 16.6. The second kappa shape index (κ2) is 4.94. The van der Waals surface area contributed by atoms with Crippen LogP contribution < -0.4 is 5.73 Å². The van der Waals surface area contributed by atoms with Crippen LogP contribution in [-0.2, 0) is 9.47 Å². The summed E-state index contributed by atoms with van der Waals surface area (Å²) in [5, 5.41) is 0. The molecule has 1 saturated carbocycles. The number of likely N-dealkylation sites (tertiary alicyclic amines) is 1. The number of amides is 1. The lowest BCUT2D eigenvalue weighted by atomic mass is 9.61. The molecule has 2 N–H and O–H groups in total. The lowest BCUT2D eigenvalue weighted by Crippen LogP contribution is -2.63. The maximum Gasteiger partial charge on any atom is 0.410 e. The molecule has 0 aromatic rings. The number of carbonyl (C=O) groups excluding carboxylic acids is 1. The van der Waals surface area contributed by atoms with Gasteiger partial charge in [0.2, 0.25) is 0 Å². The summed E-state index contributed by atoms with van der Waals surface area (Å²) >= 11 is 0. The molecule has 19 heavy (non-hydrogen) atoms. The number of hydrogen-bond acceptors (Lipinski definition) is 4. The first-order valence-corrected chi connectivity index (χ1v) is 7.13. The Labute approximate surface area is 115 Å². The third-order valence-electron chi connectivity index (χ3n) is 4.20. The van der Waals surface area contributed by atoms with E-state index >= 15 is 0 Å². The number of rotatable bonds is 2. The van der Waals surface area contributed by atoms with Gasteiger partial charge in [0.1, 0.15) is 5.60 Å². The van der Waals surface area contributed by atoms with Crippen LogP contribution in [0, 0.1) is 5.41 Å². The van der Waals surface area contributed by atoms with Gasteiger partial charge in [-0.1, -0.05) is 0 Å². The van der Waals surface area contributed by atoms with Crippen LogP contribution in [0.15, 0.2) is 0 Å². The molecule has 0 aromatic heterocycles. The fourth-order valence-corrected chi connectivity index (χ4v) is 3.12. The Bertz CT molecular complexity index is 351. The number of nitrogens with zero attached hydrogens (tertiary/aromatic N) is 1. The zero-order valence-electron chi connectivity index (χ0n) is 12.4. The van der Waals surface area contributed by atoms with E-state index in [1.54, 1.807) is 4.90 Å². The second-order valence-electron chi connectivity index (χ2n) is 6.67. The molecule has 1 amide bonds. The summed E-state index contributed by atoms with van der Waals surface area (Å²) in [6.07, 6.45) is 1.77. The fourth-order valence-electron chi connectivity index (χ4n) is 3.12. The van der Waals surface area contributed by atoms with Crippen LogP contribution in [0.2, 0.25) is 0 Å². The van der Waals surface area contributed by atoms with Crippen LogP contribution >= 0.6 is 0 Å². The lowest BCUT2D eigenvalue weighted by molar-refractivity contribution is -0.116. The topological polar surface area (TPSA) is 64.8 Å². The molecule has 0 aromatic carbocycles. The van der Waals surface area contributed by atoms with Gasteiger partial charge in [0, 0.05) is 31.2 Å². The van der Waals surface area contributed by atoms with Gasteiger partial charge in [-0.2, -0.15) is 0 Å². The zero-order chi connectivity index (χ0) is 14.3. The van der Waals surface area contributed by atoms with Gasteiger partial charge in [0.25, 0.3) is 0 Å². The quantitative estimate of drug-likeness (QED) is 0.830. The van der Waals surface area contributed by atoms with E-state index in [2.05, 4.69) is 0 Å². The van der Waals surface area contributed by atoms with Crippen LogP contribution in [0.3, 0.4) is 0 Å². The molecule has 5 nitrogen and oxygen atoms in total. The highest BCUT2D eigenvalue weighted by molar-refractivity contribution is 5.68. The summed E-state index contributed by atoms with van der Waals surface area (Å²) < 4.78 is 11.2. The SMILES string of the molecule is CCO[C@@H]1C[C@@H](N)[C@]12CCN(C(=O)OC(C)(C)C)C2. The van der Waals surface area contributed by atoms with Crippen molar-refractivity contribution < 1.29 is 14.3 Å². The molecule has 2 fully saturated rings. The van der Waals surface area contributed by atoms with E-state index in [9.17, 15) is 4.79 Å². The number of nitrogens with two attached hydrogens (primary N) is 1. The molecule has 1 aliphatic heterocycles. The van der Waals surface area contributed by atoms with Crippen LogP contribution in [0.1, 0.15) is 40.5 Å². The number of ether oxygens (including phenoxy) is 2. The van der Waals surface area contributed by atoms with Crippen molar-refractivity contribution in [3.63, 3.8) is 0 Å². The summed E-state index contributed by atoms with van der Waals surface area (Å²) in [4.78, 5) is 13.9. The predicted octanol–water partition coefficient (Wildman–Crippen LogP) is 1.75. The van der Waals surface area contributed by atoms with Crippen molar-refractivity contribution in [1.29, 1.82) is 0 Å². The number of carbonyl (C=O) groups is 1. The minimum atomic E-state index is -0.451. The van der Waals surface area contributed by atoms with Gasteiger partial charge < -0.3 is 20.1 Å². The molecule has 1 aliphatic carbocycles. The van der Waals surface area contributed by atoms with Crippen LogP contribution in [0.25, 0.3) is 0 Å². The minimum Gasteiger partial charge on any atom is -0.444 e. The molecular weight excluding hydrogens is 244 g/mol. The van der Waals surface area contributed by atoms with E-state index in [1.807, 2.05) is 27.7 Å². The van der Waals surface area contributed by atoms with Gasteiger partial charge in [0.05, 0.1) is 6.10 Å². The Kier molecular flexibility index (Phi) is 3.80. The Balaban J connectivity index is 1.97. The van der Waals surface area contributed by atoms with Crippen molar-refractivity contribution in [3.8, 4) is 0 Å². The predicted molar refractivity (Wildman–Crippen MR) is 72.9 cm³/mol. The Morgan fingerprint density at radius 3 is 2.68 bits per heavy atom. The Morgan fingerprint density at radius 1 is 1.47 bits per heavy atom. The first-order valence-electron chi connectivity index (χ1n) is 7.13. The van der Waals surface area contributed by atoms with Crippen molar-refractivity contribution in [3.05, 3.63) is 0 Å².